The van der Waals surface area contributed by atoms with Crippen molar-refractivity contribution in [3.63, 3.8) is 0 Å². The summed E-state index contributed by atoms with van der Waals surface area (Å²) in [7, 11) is 0. The molecule has 46 valence electrons. The van der Waals surface area contributed by atoms with Gasteiger partial charge < -0.3 is 5.73 Å². The molecule has 0 unspecified atom stereocenters. The molecule has 0 saturated carbocycles. The number of carbonyl (C=O) groups is 1. The molecule has 0 aromatic heterocycles. The molecule has 5 heteroatoms. The van der Waals surface area contributed by atoms with Gasteiger partial charge in [-0.15, -0.1) is 0 Å². The van der Waals surface area contributed by atoms with Crippen molar-refractivity contribution in [3.8, 4) is 0 Å². The summed E-state index contributed by atoms with van der Waals surface area (Å²) >= 11 is 0. The van der Waals surface area contributed by atoms with Crippen LogP contribution in [0.5, 0.6) is 0 Å². The SMILES string of the molecule is C=C=O.NNC(N)=O. The van der Waals surface area contributed by atoms with Crippen LogP contribution in [-0.2, 0) is 4.79 Å². The van der Waals surface area contributed by atoms with Gasteiger partial charge in [-0.3, -0.25) is 5.43 Å². The predicted octanol–water partition coefficient (Wildman–Crippen LogP) is -1.47. The van der Waals surface area contributed by atoms with Gasteiger partial charge in [0.15, 0.2) is 0 Å². The third kappa shape index (κ3) is 137. The molecule has 0 spiro atoms. The molecule has 0 aromatic rings. The quantitative estimate of drug-likeness (QED) is 0.156. The van der Waals surface area contributed by atoms with Crippen molar-refractivity contribution in [1.29, 1.82) is 0 Å². The third-order valence-corrected chi connectivity index (χ3v) is 0.142. The minimum atomic E-state index is -0.718. The van der Waals surface area contributed by atoms with Crippen molar-refractivity contribution in [1.82, 2.24) is 5.43 Å². The van der Waals surface area contributed by atoms with Crippen molar-refractivity contribution in [3.05, 3.63) is 6.58 Å². The van der Waals surface area contributed by atoms with Crippen LogP contribution in [-0.4, -0.2) is 12.0 Å². The summed E-state index contributed by atoms with van der Waals surface area (Å²) in [6.07, 6.45) is 0. The van der Waals surface area contributed by atoms with Crippen LogP contribution in [0.25, 0.3) is 0 Å². The van der Waals surface area contributed by atoms with Crippen LogP contribution in [0.2, 0.25) is 0 Å². The van der Waals surface area contributed by atoms with E-state index >= 15 is 0 Å². The summed E-state index contributed by atoms with van der Waals surface area (Å²) in [6, 6.07) is -0.718. The van der Waals surface area contributed by atoms with Crippen LogP contribution in [0.1, 0.15) is 0 Å². The molecule has 0 aliphatic carbocycles. The number of hydrazine groups is 1. The summed E-state index contributed by atoms with van der Waals surface area (Å²) in [4.78, 5) is 17.9. The molecule has 5 N–H and O–H groups in total. The van der Waals surface area contributed by atoms with Crippen LogP contribution < -0.4 is 17.0 Å². The molecule has 2 amide bonds. The first-order chi connectivity index (χ1) is 3.68. The second-order valence-corrected chi connectivity index (χ2v) is 0.653. The van der Waals surface area contributed by atoms with Gasteiger partial charge in [-0.25, -0.2) is 15.4 Å². The van der Waals surface area contributed by atoms with E-state index in [2.05, 4.69) is 18.2 Å². The Morgan fingerprint density at radius 2 is 1.88 bits per heavy atom. The molecule has 0 heterocycles. The smallest absolute Gasteiger partial charge is 0.326 e. The van der Waals surface area contributed by atoms with Crippen LogP contribution in [0.3, 0.4) is 0 Å². The Morgan fingerprint density at radius 1 is 1.75 bits per heavy atom. The molecule has 0 atom stereocenters. The molecule has 0 rings (SSSR count). The summed E-state index contributed by atoms with van der Waals surface area (Å²) in [6.45, 7) is 2.68. The number of amides is 2. The minimum absolute atomic E-state index is 0.718. The van der Waals surface area contributed by atoms with Gasteiger partial charge in [-0.2, -0.15) is 0 Å². The van der Waals surface area contributed by atoms with Crippen LogP contribution in [0.15, 0.2) is 6.58 Å². The molecule has 0 aromatic carbocycles. The van der Waals surface area contributed by atoms with Crippen LogP contribution in [0.4, 0.5) is 4.79 Å². The Labute approximate surface area is 46.3 Å². The average molecular weight is 117 g/mol. The van der Waals surface area contributed by atoms with Crippen molar-refractivity contribution in [2.75, 3.05) is 0 Å². The molecule has 8 heavy (non-hydrogen) atoms. The maximum Gasteiger partial charge on any atom is 0.326 e. The number of rotatable bonds is 0. The van der Waals surface area contributed by atoms with Crippen molar-refractivity contribution < 1.29 is 9.59 Å². The van der Waals surface area contributed by atoms with Crippen molar-refractivity contribution >= 4 is 12.0 Å². The standard InChI is InChI=1S/C2H2O.CH5N3O/c1-2-3;2-1(5)4-3/h1H2;3H2,(H3,2,4,5). The fourth-order valence-corrected chi connectivity index (χ4v) is 0. The Kier molecular flexibility index (Phi) is 11.3. The van der Waals surface area contributed by atoms with E-state index in [1.165, 1.54) is 5.94 Å². The highest BCUT2D eigenvalue weighted by Gasteiger charge is 1.73. The topological polar surface area (TPSA) is 98.2 Å². The van der Waals surface area contributed by atoms with Crippen molar-refractivity contribution in [2.24, 2.45) is 11.6 Å². The molecule has 0 aliphatic rings. The molecule has 0 saturated heterocycles. The van der Waals surface area contributed by atoms with Gasteiger partial charge in [0.25, 0.3) is 0 Å². The number of carbonyl (C=O) groups excluding carboxylic acids is 2. The van der Waals surface area contributed by atoms with E-state index in [0.29, 0.717) is 0 Å². The predicted molar refractivity (Wildman–Crippen MR) is 28.2 cm³/mol. The van der Waals surface area contributed by atoms with Gasteiger partial charge >= 0.3 is 6.03 Å². The Bertz CT molecular complexity index is 94.7. The van der Waals surface area contributed by atoms with Gasteiger partial charge in [-0.05, 0) is 6.58 Å². The van der Waals surface area contributed by atoms with E-state index in [9.17, 15) is 4.79 Å². The summed E-state index contributed by atoms with van der Waals surface area (Å²) < 4.78 is 0. The molecule has 0 fully saturated rings. The lowest BCUT2D eigenvalue weighted by Crippen LogP contribution is -2.34. The summed E-state index contributed by atoms with van der Waals surface area (Å²) in [5.74, 6) is 5.70. The highest BCUT2D eigenvalue weighted by atomic mass is 16.2. The molecular formula is C3H7N3O2. The number of urea groups is 1. The van der Waals surface area contributed by atoms with E-state index in [-0.39, 0.29) is 0 Å². The largest absolute Gasteiger partial charge is 0.351 e. The summed E-state index contributed by atoms with van der Waals surface area (Å²) in [5.41, 5.74) is 6.08. The van der Waals surface area contributed by atoms with Gasteiger partial charge in [0.2, 0.25) is 0 Å². The van der Waals surface area contributed by atoms with Gasteiger partial charge in [0.05, 0.1) is 0 Å². The lowest BCUT2D eigenvalue weighted by molar-refractivity contribution is 0.249. The van der Waals surface area contributed by atoms with E-state index in [0.717, 1.165) is 0 Å². The fourth-order valence-electron chi connectivity index (χ4n) is 0. The van der Waals surface area contributed by atoms with E-state index in [4.69, 9.17) is 4.79 Å². The maximum atomic E-state index is 9.35. The normalized spacial score (nSPS) is 5.12. The van der Waals surface area contributed by atoms with Gasteiger partial charge in [0.1, 0.15) is 5.94 Å². The molecule has 0 bridgehead atoms. The second-order valence-electron chi connectivity index (χ2n) is 0.653. The number of nitrogens with two attached hydrogens (primary N) is 2. The lowest BCUT2D eigenvalue weighted by atomic mass is 11.2. The Balaban J connectivity index is 0. The molecule has 0 aliphatic heterocycles. The fraction of sp³-hybridized carbons (Fsp3) is 0. The molecule has 0 radical (unpaired) electrons. The molecule has 5 nitrogen and oxygen atoms in total. The Morgan fingerprint density at radius 3 is 1.88 bits per heavy atom. The van der Waals surface area contributed by atoms with E-state index in [1.807, 2.05) is 0 Å². The highest BCUT2D eigenvalue weighted by Crippen LogP contribution is 1.34. The maximum absolute atomic E-state index is 9.35. The Hall–Kier alpha value is -1.32. The number of hydrogen-bond donors (Lipinski definition) is 3. The van der Waals surface area contributed by atoms with Crippen LogP contribution >= 0.6 is 0 Å². The first-order valence-corrected chi connectivity index (χ1v) is 1.59. The average Bonchev–Trinajstić information content (AvgIpc) is 1.69. The first kappa shape index (κ1) is 9.84. The number of hydrogen-bond acceptors (Lipinski definition) is 3. The highest BCUT2D eigenvalue weighted by molar-refractivity contribution is 5.70. The zero-order valence-corrected chi connectivity index (χ0v) is 4.18. The van der Waals surface area contributed by atoms with Gasteiger partial charge in [-0.1, -0.05) is 0 Å². The van der Waals surface area contributed by atoms with Crippen molar-refractivity contribution in [2.45, 2.75) is 0 Å². The van der Waals surface area contributed by atoms with Gasteiger partial charge in [0, 0.05) is 0 Å². The minimum Gasteiger partial charge on any atom is -0.351 e. The number of primary amides is 1. The lowest BCUT2D eigenvalue weighted by Gasteiger charge is -1.81. The zero-order chi connectivity index (χ0) is 6.99. The zero-order valence-electron chi connectivity index (χ0n) is 4.18. The molecular weight excluding hydrogens is 110 g/mol. The second kappa shape index (κ2) is 9.19. The monoisotopic (exact) mass is 117 g/mol. The van der Waals surface area contributed by atoms with Crippen LogP contribution in [0, 0.1) is 0 Å². The van der Waals surface area contributed by atoms with E-state index < -0.39 is 6.03 Å². The number of nitrogens with one attached hydrogen (secondary N) is 1. The van der Waals surface area contributed by atoms with E-state index in [1.54, 1.807) is 5.43 Å². The first-order valence-electron chi connectivity index (χ1n) is 1.59. The summed E-state index contributed by atoms with van der Waals surface area (Å²) in [5, 5.41) is 0. The third-order valence-electron chi connectivity index (χ3n) is 0.142.